The number of hydrogen-bond acceptors (Lipinski definition) is 3. The van der Waals surface area contributed by atoms with Crippen molar-refractivity contribution in [3.63, 3.8) is 0 Å². The van der Waals surface area contributed by atoms with Gasteiger partial charge in [0.05, 0.1) is 23.8 Å². The summed E-state index contributed by atoms with van der Waals surface area (Å²) in [5, 5.41) is 5.31. The molecule has 1 aromatic carbocycles. The minimum Gasteiger partial charge on any atom is -0.368 e. The molecule has 0 bridgehead atoms. The van der Waals surface area contributed by atoms with Gasteiger partial charge in [0.15, 0.2) is 5.65 Å². The van der Waals surface area contributed by atoms with Crippen LogP contribution in [0.5, 0.6) is 0 Å². The van der Waals surface area contributed by atoms with Crippen molar-refractivity contribution >= 4 is 22.9 Å². The average Bonchev–Trinajstić information content (AvgIpc) is 2.88. The van der Waals surface area contributed by atoms with Crippen molar-refractivity contribution in [2.75, 3.05) is 18.0 Å². The summed E-state index contributed by atoms with van der Waals surface area (Å²) >= 11 is 6.41. The molecule has 1 saturated heterocycles. The number of rotatable bonds is 2. The molecule has 112 valence electrons. The molecule has 3 heterocycles. The number of aromatic nitrogens is 3. The summed E-state index contributed by atoms with van der Waals surface area (Å²) in [6.45, 7) is 6.26. The Bertz CT molecular complexity index is 864. The smallest absolute Gasteiger partial charge is 0.177 e. The molecule has 5 heteroatoms. The number of hydrogen-bond donors (Lipinski definition) is 0. The molecule has 0 spiro atoms. The van der Waals surface area contributed by atoms with Crippen LogP contribution in [0.2, 0.25) is 5.02 Å². The van der Waals surface area contributed by atoms with Crippen LogP contribution in [0.4, 0.5) is 5.69 Å². The quantitative estimate of drug-likeness (QED) is 0.720. The van der Waals surface area contributed by atoms with Crippen LogP contribution >= 0.6 is 11.6 Å². The normalized spacial score (nSPS) is 14.4. The predicted molar refractivity (Wildman–Crippen MR) is 89.7 cm³/mol. The monoisotopic (exact) mass is 312 g/mol. The van der Waals surface area contributed by atoms with Crippen LogP contribution in [-0.2, 0) is 0 Å². The lowest BCUT2D eigenvalue weighted by Crippen LogP contribution is -2.37. The maximum atomic E-state index is 6.41. The van der Waals surface area contributed by atoms with Crippen LogP contribution in [0.15, 0.2) is 30.6 Å². The third-order valence-electron chi connectivity index (χ3n) is 4.43. The highest BCUT2D eigenvalue weighted by Gasteiger charge is 2.20. The minimum absolute atomic E-state index is 0.811. The Hall–Kier alpha value is -2.07. The lowest BCUT2D eigenvalue weighted by molar-refractivity contribution is 0.617. The molecule has 1 fully saturated rings. The first-order chi connectivity index (χ1) is 10.7. The molecule has 0 atom stereocenters. The highest BCUT2D eigenvalue weighted by Crippen LogP contribution is 2.33. The molecule has 2 aromatic heterocycles. The molecule has 0 unspecified atom stereocenters. The van der Waals surface area contributed by atoms with E-state index in [1.807, 2.05) is 42.9 Å². The number of anilines is 1. The second kappa shape index (κ2) is 4.99. The molecule has 0 amide bonds. The Balaban J connectivity index is 1.92. The van der Waals surface area contributed by atoms with Gasteiger partial charge in [-0.1, -0.05) is 23.7 Å². The highest BCUT2D eigenvalue weighted by molar-refractivity contribution is 6.32. The van der Waals surface area contributed by atoms with Crippen molar-refractivity contribution < 1.29 is 0 Å². The second-order valence-electron chi connectivity index (χ2n) is 5.80. The summed E-state index contributed by atoms with van der Waals surface area (Å²) < 4.78 is 1.92. The van der Waals surface area contributed by atoms with Crippen molar-refractivity contribution in [1.82, 2.24) is 14.6 Å². The van der Waals surface area contributed by atoms with E-state index in [-0.39, 0.29) is 0 Å². The average molecular weight is 313 g/mol. The van der Waals surface area contributed by atoms with E-state index in [0.29, 0.717) is 0 Å². The molecular formula is C17H17ClN4. The Morgan fingerprint density at radius 2 is 1.95 bits per heavy atom. The Labute approximate surface area is 134 Å². The van der Waals surface area contributed by atoms with Crippen molar-refractivity contribution in [2.45, 2.75) is 20.3 Å². The predicted octanol–water partition coefficient (Wildman–Crippen LogP) is 3.88. The van der Waals surface area contributed by atoms with Gasteiger partial charge >= 0.3 is 0 Å². The molecule has 4 nitrogen and oxygen atoms in total. The Morgan fingerprint density at radius 1 is 1.14 bits per heavy atom. The van der Waals surface area contributed by atoms with Crippen LogP contribution in [0.1, 0.15) is 17.5 Å². The fourth-order valence-corrected chi connectivity index (χ4v) is 3.13. The summed E-state index contributed by atoms with van der Waals surface area (Å²) in [5.74, 6) is 0. The van der Waals surface area contributed by atoms with E-state index in [0.717, 1.165) is 51.8 Å². The van der Waals surface area contributed by atoms with Gasteiger partial charge in [-0.15, -0.1) is 0 Å². The van der Waals surface area contributed by atoms with Gasteiger partial charge < -0.3 is 4.90 Å². The van der Waals surface area contributed by atoms with Crippen LogP contribution < -0.4 is 4.90 Å². The first kappa shape index (κ1) is 13.6. The molecule has 0 radical (unpaired) electrons. The van der Waals surface area contributed by atoms with E-state index in [2.05, 4.69) is 21.0 Å². The fourth-order valence-electron chi connectivity index (χ4n) is 2.97. The highest BCUT2D eigenvalue weighted by atomic mass is 35.5. The number of aryl methyl sites for hydroxylation is 1. The van der Waals surface area contributed by atoms with Crippen LogP contribution in [0, 0.1) is 13.8 Å². The molecular weight excluding hydrogens is 296 g/mol. The van der Waals surface area contributed by atoms with Crippen molar-refractivity contribution in [2.24, 2.45) is 0 Å². The lowest BCUT2D eigenvalue weighted by atomic mass is 10.0. The molecule has 1 aliphatic heterocycles. The summed E-state index contributed by atoms with van der Waals surface area (Å²) in [6.07, 6.45) is 4.98. The topological polar surface area (TPSA) is 33.4 Å². The van der Waals surface area contributed by atoms with Crippen LogP contribution in [-0.4, -0.2) is 27.7 Å². The van der Waals surface area contributed by atoms with E-state index in [9.17, 15) is 0 Å². The van der Waals surface area contributed by atoms with Gasteiger partial charge in [-0.3, -0.25) is 0 Å². The number of fused-ring (bicyclic) bond motifs is 1. The summed E-state index contributed by atoms with van der Waals surface area (Å²) in [4.78, 5) is 6.94. The number of halogens is 1. The number of nitrogens with zero attached hydrogens (tertiary/aromatic N) is 4. The first-order valence-corrected chi connectivity index (χ1v) is 7.88. The van der Waals surface area contributed by atoms with Crippen molar-refractivity contribution in [1.29, 1.82) is 0 Å². The summed E-state index contributed by atoms with van der Waals surface area (Å²) in [6, 6.07) is 6.18. The van der Waals surface area contributed by atoms with Gasteiger partial charge in [-0.2, -0.15) is 5.10 Å². The van der Waals surface area contributed by atoms with E-state index in [4.69, 9.17) is 11.6 Å². The number of imidazole rings is 1. The standard InChI is InChI=1S/C17H17ClN4/c1-11-4-5-13(12(2)16(11)18)15-10-19-17-14(21-8-3-9-21)6-7-20-22(15)17/h4-7,10H,3,8-9H2,1-2H3. The van der Waals surface area contributed by atoms with E-state index < -0.39 is 0 Å². The van der Waals surface area contributed by atoms with Gasteiger partial charge in [0.25, 0.3) is 0 Å². The van der Waals surface area contributed by atoms with Crippen molar-refractivity contribution in [3.8, 4) is 11.3 Å². The largest absolute Gasteiger partial charge is 0.368 e. The third-order valence-corrected chi connectivity index (χ3v) is 5.02. The molecule has 1 aliphatic rings. The fraction of sp³-hybridized carbons (Fsp3) is 0.294. The molecule has 0 saturated carbocycles. The summed E-state index contributed by atoms with van der Waals surface area (Å²) in [5.41, 5.74) is 6.29. The van der Waals surface area contributed by atoms with E-state index in [1.54, 1.807) is 0 Å². The zero-order valence-electron chi connectivity index (χ0n) is 12.7. The first-order valence-electron chi connectivity index (χ1n) is 7.50. The van der Waals surface area contributed by atoms with Crippen molar-refractivity contribution in [3.05, 3.63) is 46.7 Å². The molecule has 0 N–H and O–H groups in total. The molecule has 22 heavy (non-hydrogen) atoms. The minimum atomic E-state index is 0.811. The molecule has 0 aliphatic carbocycles. The number of benzene rings is 1. The van der Waals surface area contributed by atoms with Crippen LogP contribution in [0.25, 0.3) is 16.9 Å². The Morgan fingerprint density at radius 3 is 2.68 bits per heavy atom. The lowest BCUT2D eigenvalue weighted by Gasteiger charge is -2.32. The van der Waals surface area contributed by atoms with Crippen LogP contribution in [0.3, 0.4) is 0 Å². The van der Waals surface area contributed by atoms with Gasteiger partial charge in [0.2, 0.25) is 0 Å². The maximum absolute atomic E-state index is 6.41. The zero-order valence-corrected chi connectivity index (χ0v) is 13.4. The zero-order chi connectivity index (χ0) is 15.3. The second-order valence-corrected chi connectivity index (χ2v) is 6.18. The molecule has 3 aromatic rings. The van der Waals surface area contributed by atoms with Gasteiger partial charge in [0, 0.05) is 23.7 Å². The van der Waals surface area contributed by atoms with E-state index in [1.165, 1.54) is 6.42 Å². The van der Waals surface area contributed by atoms with Gasteiger partial charge in [0.1, 0.15) is 0 Å². The summed E-state index contributed by atoms with van der Waals surface area (Å²) in [7, 11) is 0. The third kappa shape index (κ3) is 1.91. The van der Waals surface area contributed by atoms with Gasteiger partial charge in [-0.05, 0) is 37.5 Å². The van der Waals surface area contributed by atoms with Gasteiger partial charge in [-0.25, -0.2) is 9.50 Å². The van der Waals surface area contributed by atoms with E-state index >= 15 is 0 Å². The molecule has 4 rings (SSSR count). The maximum Gasteiger partial charge on any atom is 0.177 e. The Kier molecular flexibility index (Phi) is 3.08. The SMILES string of the molecule is Cc1ccc(-c2cnc3c(N4CCC4)ccnn23)c(C)c1Cl.